The molecule has 0 unspecified atom stereocenters. The van der Waals surface area contributed by atoms with Crippen LogP contribution in [0.15, 0.2) is 251 Å². The molecule has 0 radical (unpaired) electrons. The number of hydrogen-bond donors (Lipinski definition) is 0. The molecule has 0 spiro atoms. The predicted molar refractivity (Wildman–Crippen MR) is 267 cm³/mol. The minimum atomic E-state index is 0.873. The van der Waals surface area contributed by atoms with Crippen molar-refractivity contribution in [2.45, 2.75) is 0 Å². The third-order valence-corrected chi connectivity index (χ3v) is 12.3. The molecule has 0 saturated heterocycles. The van der Waals surface area contributed by atoms with Gasteiger partial charge >= 0.3 is 0 Å². The molecule has 2 heterocycles. The number of para-hydroxylation sites is 3. The molecule has 0 N–H and O–H groups in total. The first-order chi connectivity index (χ1) is 31.7. The van der Waals surface area contributed by atoms with E-state index in [1.807, 2.05) is 24.3 Å². The molecule has 64 heavy (non-hydrogen) atoms. The van der Waals surface area contributed by atoms with Crippen LogP contribution < -0.4 is 9.80 Å². The topological polar surface area (TPSA) is 32.8 Å². The Morgan fingerprint density at radius 2 is 0.625 bits per heavy atom. The highest BCUT2D eigenvalue weighted by molar-refractivity contribution is 6.08. The van der Waals surface area contributed by atoms with E-state index in [1.165, 1.54) is 11.1 Å². The zero-order chi connectivity index (χ0) is 42.4. The largest absolute Gasteiger partial charge is 0.456 e. The second-order valence-corrected chi connectivity index (χ2v) is 16.1. The van der Waals surface area contributed by atoms with Crippen molar-refractivity contribution in [3.63, 3.8) is 0 Å². The van der Waals surface area contributed by atoms with Crippen molar-refractivity contribution in [2.75, 3.05) is 9.80 Å². The number of benzene rings is 10. The van der Waals surface area contributed by atoms with Gasteiger partial charge in [-0.1, -0.05) is 146 Å². The van der Waals surface area contributed by atoms with E-state index in [1.54, 1.807) is 0 Å². The molecule has 0 saturated carbocycles. The summed E-state index contributed by atoms with van der Waals surface area (Å²) in [5.41, 5.74) is 16.8. The maximum absolute atomic E-state index is 6.25. The maximum atomic E-state index is 6.25. The van der Waals surface area contributed by atoms with Crippen molar-refractivity contribution in [3.8, 4) is 33.4 Å². The average molecular weight is 821 g/mol. The molecular formula is C60H40N2O2. The molecule has 4 nitrogen and oxygen atoms in total. The maximum Gasteiger partial charge on any atom is 0.135 e. The molecule has 10 aromatic carbocycles. The molecule has 0 amide bonds. The van der Waals surface area contributed by atoms with E-state index in [9.17, 15) is 0 Å². The molecule has 302 valence electrons. The first-order valence-corrected chi connectivity index (χ1v) is 21.7. The summed E-state index contributed by atoms with van der Waals surface area (Å²) in [7, 11) is 0. The van der Waals surface area contributed by atoms with Crippen molar-refractivity contribution in [1.82, 2.24) is 0 Å². The summed E-state index contributed by atoms with van der Waals surface area (Å²) < 4.78 is 12.5. The Balaban J connectivity index is 0.966. The van der Waals surface area contributed by atoms with Crippen LogP contribution in [0.1, 0.15) is 0 Å². The lowest BCUT2D eigenvalue weighted by Crippen LogP contribution is -2.11. The van der Waals surface area contributed by atoms with Crippen LogP contribution in [-0.2, 0) is 0 Å². The highest BCUT2D eigenvalue weighted by atomic mass is 16.3. The van der Waals surface area contributed by atoms with E-state index in [0.717, 1.165) is 100 Å². The van der Waals surface area contributed by atoms with Gasteiger partial charge in [-0.05, 0) is 125 Å². The lowest BCUT2D eigenvalue weighted by molar-refractivity contribution is 0.668. The van der Waals surface area contributed by atoms with Crippen LogP contribution in [0.2, 0.25) is 0 Å². The van der Waals surface area contributed by atoms with Gasteiger partial charge in [-0.15, -0.1) is 0 Å². The number of furan rings is 2. The van der Waals surface area contributed by atoms with Gasteiger partial charge in [0.1, 0.15) is 22.3 Å². The smallest absolute Gasteiger partial charge is 0.135 e. The van der Waals surface area contributed by atoms with Gasteiger partial charge in [0.15, 0.2) is 0 Å². The number of hydrogen-bond acceptors (Lipinski definition) is 4. The normalized spacial score (nSPS) is 11.4. The Bertz CT molecular complexity index is 3590. The van der Waals surface area contributed by atoms with Gasteiger partial charge in [0.05, 0.1) is 5.69 Å². The second kappa shape index (κ2) is 15.7. The Kier molecular flexibility index (Phi) is 9.12. The van der Waals surface area contributed by atoms with Crippen LogP contribution in [-0.4, -0.2) is 0 Å². The Hall–Kier alpha value is -8.60. The fourth-order valence-corrected chi connectivity index (χ4v) is 9.15. The van der Waals surface area contributed by atoms with Crippen molar-refractivity contribution in [2.24, 2.45) is 0 Å². The molecule has 4 heteroatoms. The summed E-state index contributed by atoms with van der Waals surface area (Å²) >= 11 is 0. The summed E-state index contributed by atoms with van der Waals surface area (Å²) in [5, 5.41) is 4.39. The van der Waals surface area contributed by atoms with Gasteiger partial charge in [-0.25, -0.2) is 0 Å². The average Bonchev–Trinajstić information content (AvgIpc) is 3.94. The van der Waals surface area contributed by atoms with Crippen LogP contribution >= 0.6 is 0 Å². The predicted octanol–water partition coefficient (Wildman–Crippen LogP) is 17.4. The van der Waals surface area contributed by atoms with Crippen molar-refractivity contribution in [3.05, 3.63) is 243 Å². The second-order valence-electron chi connectivity index (χ2n) is 16.1. The standard InChI is InChI=1S/C60H40N2O2/c1-4-14-41(15-5-1)42-24-29-47(30-25-42)61(49-33-36-59-54(39-49)51-20-10-12-22-57(51)63-59)48-31-26-43(27-32-48)45-28-35-56(53(38-45)44-16-6-2-7-17-44)62(46-18-8-3-9-19-46)50-34-37-60-55(40-50)52-21-11-13-23-58(52)64-60/h1-40H. The minimum absolute atomic E-state index is 0.873. The van der Waals surface area contributed by atoms with Crippen LogP contribution in [0.25, 0.3) is 77.3 Å². The van der Waals surface area contributed by atoms with Crippen molar-refractivity contribution < 1.29 is 8.83 Å². The number of rotatable bonds is 9. The van der Waals surface area contributed by atoms with Crippen LogP contribution in [0, 0.1) is 0 Å². The number of nitrogens with zero attached hydrogens (tertiary/aromatic N) is 2. The van der Waals surface area contributed by atoms with Gasteiger partial charge in [0.2, 0.25) is 0 Å². The van der Waals surface area contributed by atoms with Crippen molar-refractivity contribution >= 4 is 78.0 Å². The fraction of sp³-hybridized carbons (Fsp3) is 0. The minimum Gasteiger partial charge on any atom is -0.456 e. The van der Waals surface area contributed by atoms with Crippen LogP contribution in [0.5, 0.6) is 0 Å². The summed E-state index contributed by atoms with van der Waals surface area (Å²) in [4.78, 5) is 4.69. The third-order valence-electron chi connectivity index (χ3n) is 12.3. The highest BCUT2D eigenvalue weighted by Gasteiger charge is 2.21. The lowest BCUT2D eigenvalue weighted by Gasteiger charge is -2.28. The van der Waals surface area contributed by atoms with E-state index in [4.69, 9.17) is 8.83 Å². The molecule has 0 aliphatic carbocycles. The first kappa shape index (κ1) is 37.2. The van der Waals surface area contributed by atoms with Gasteiger partial charge in [-0.3, -0.25) is 0 Å². The van der Waals surface area contributed by atoms with Gasteiger partial charge in [0.25, 0.3) is 0 Å². The monoisotopic (exact) mass is 820 g/mol. The van der Waals surface area contributed by atoms with Gasteiger partial charge in [-0.2, -0.15) is 0 Å². The molecule has 12 aromatic rings. The van der Waals surface area contributed by atoms with E-state index in [-0.39, 0.29) is 0 Å². The first-order valence-electron chi connectivity index (χ1n) is 21.7. The summed E-state index contributed by atoms with van der Waals surface area (Å²) in [5.74, 6) is 0. The van der Waals surface area contributed by atoms with Crippen LogP contribution in [0.4, 0.5) is 34.1 Å². The van der Waals surface area contributed by atoms with E-state index < -0.39 is 0 Å². The molecule has 0 atom stereocenters. The third kappa shape index (κ3) is 6.66. The molecular weight excluding hydrogens is 781 g/mol. The SMILES string of the molecule is c1ccc(-c2ccc(N(c3ccc(-c4ccc(N(c5ccccc5)c5ccc6oc7ccccc7c6c5)c(-c5ccccc5)c4)cc3)c3ccc4oc5ccccc5c4c3)cc2)cc1. The molecule has 0 aliphatic rings. The van der Waals surface area contributed by atoms with E-state index >= 15 is 0 Å². The molecule has 2 aromatic heterocycles. The van der Waals surface area contributed by atoms with Gasteiger partial charge < -0.3 is 18.6 Å². The molecule has 0 aliphatic heterocycles. The summed E-state index contributed by atoms with van der Waals surface area (Å²) in [6, 6.07) is 86.0. The van der Waals surface area contributed by atoms with Gasteiger partial charge in [0, 0.05) is 55.5 Å². The van der Waals surface area contributed by atoms with Crippen LogP contribution in [0.3, 0.4) is 0 Å². The molecule has 0 fully saturated rings. The zero-order valence-corrected chi connectivity index (χ0v) is 34.8. The highest BCUT2D eigenvalue weighted by Crippen LogP contribution is 2.45. The lowest BCUT2D eigenvalue weighted by atomic mass is 9.96. The number of fused-ring (bicyclic) bond motifs is 6. The summed E-state index contributed by atoms with van der Waals surface area (Å²) in [6.45, 7) is 0. The van der Waals surface area contributed by atoms with Crippen molar-refractivity contribution in [1.29, 1.82) is 0 Å². The quantitative estimate of drug-likeness (QED) is 0.145. The summed E-state index contributed by atoms with van der Waals surface area (Å²) in [6.07, 6.45) is 0. The van der Waals surface area contributed by atoms with E-state index in [2.05, 4.69) is 228 Å². The fourth-order valence-electron chi connectivity index (χ4n) is 9.15. The molecule has 12 rings (SSSR count). The Morgan fingerprint density at radius 3 is 1.19 bits per heavy atom. The molecule has 0 bridgehead atoms. The zero-order valence-electron chi connectivity index (χ0n) is 34.8. The Morgan fingerprint density at radius 1 is 0.234 bits per heavy atom. The van der Waals surface area contributed by atoms with E-state index in [0.29, 0.717) is 0 Å². The number of anilines is 6. The Labute approximate surface area is 371 Å².